The van der Waals surface area contributed by atoms with Gasteiger partial charge in [-0.1, -0.05) is 12.1 Å². The summed E-state index contributed by atoms with van der Waals surface area (Å²) in [5, 5.41) is 7.67. The van der Waals surface area contributed by atoms with Gasteiger partial charge in [-0.2, -0.15) is 13.2 Å². The first-order chi connectivity index (χ1) is 16.2. The van der Waals surface area contributed by atoms with Crippen LogP contribution in [-0.2, 0) is 27.0 Å². The average Bonchev–Trinajstić information content (AvgIpc) is 3.29. The van der Waals surface area contributed by atoms with Gasteiger partial charge in [0.2, 0.25) is 12.7 Å². The molecule has 1 atom stereocenters. The Balaban J connectivity index is 1.50. The number of carbonyl (C=O) groups excluding carboxylic acids is 3. The van der Waals surface area contributed by atoms with Crippen molar-refractivity contribution in [3.63, 3.8) is 0 Å². The van der Waals surface area contributed by atoms with Crippen LogP contribution >= 0.6 is 0 Å². The van der Waals surface area contributed by atoms with Crippen molar-refractivity contribution in [1.29, 1.82) is 0 Å². The molecule has 1 heterocycles. The molecule has 1 aliphatic rings. The molecule has 2 amide bonds. The molecule has 12 heteroatoms. The lowest BCUT2D eigenvalue weighted by atomic mass is 10.1. The minimum absolute atomic E-state index is 0.0223. The molecule has 0 aliphatic carbocycles. The zero-order valence-electron chi connectivity index (χ0n) is 18.0. The molecule has 0 bridgehead atoms. The Hall–Kier alpha value is -3.80. The maximum absolute atomic E-state index is 12.8. The smallest absolute Gasteiger partial charge is 0.416 e. The van der Waals surface area contributed by atoms with Crippen molar-refractivity contribution in [3.8, 4) is 11.5 Å². The van der Waals surface area contributed by atoms with Gasteiger partial charge in [0.25, 0.3) is 5.91 Å². The van der Waals surface area contributed by atoms with Crippen molar-refractivity contribution in [1.82, 2.24) is 16.0 Å². The van der Waals surface area contributed by atoms with E-state index in [0.717, 1.165) is 24.8 Å². The molecular weight excluding hydrogens is 459 g/mol. The zero-order valence-corrected chi connectivity index (χ0v) is 18.0. The molecule has 182 valence electrons. The summed E-state index contributed by atoms with van der Waals surface area (Å²) in [5.41, 5.74) is -0.381. The quantitative estimate of drug-likeness (QED) is 0.466. The molecule has 0 saturated heterocycles. The van der Waals surface area contributed by atoms with Gasteiger partial charge in [-0.25, -0.2) is 4.79 Å². The van der Waals surface area contributed by atoms with E-state index < -0.39 is 42.1 Å². The fourth-order valence-electron chi connectivity index (χ4n) is 3.09. The molecule has 0 fully saturated rings. The third-order valence-electron chi connectivity index (χ3n) is 4.80. The molecule has 0 unspecified atom stereocenters. The summed E-state index contributed by atoms with van der Waals surface area (Å²) in [6.45, 7) is -0.0294. The second kappa shape index (κ2) is 10.9. The van der Waals surface area contributed by atoms with Crippen LogP contribution in [0.5, 0.6) is 11.5 Å². The third-order valence-corrected chi connectivity index (χ3v) is 4.80. The molecule has 0 saturated carbocycles. The Kier molecular flexibility index (Phi) is 7.95. The van der Waals surface area contributed by atoms with Gasteiger partial charge in [0, 0.05) is 18.7 Å². The van der Waals surface area contributed by atoms with Crippen molar-refractivity contribution in [2.45, 2.75) is 18.8 Å². The Morgan fingerprint density at radius 2 is 1.85 bits per heavy atom. The van der Waals surface area contributed by atoms with E-state index in [1.165, 1.54) is 6.07 Å². The normalized spacial score (nSPS) is 13.2. The Bertz CT molecular complexity index is 1060. The van der Waals surface area contributed by atoms with Crippen LogP contribution in [0.3, 0.4) is 0 Å². The van der Waals surface area contributed by atoms with Gasteiger partial charge < -0.3 is 30.2 Å². The molecule has 34 heavy (non-hydrogen) atoms. The highest BCUT2D eigenvalue weighted by atomic mass is 19.4. The third kappa shape index (κ3) is 6.61. The number of hydrogen-bond donors (Lipinski definition) is 3. The SMILES string of the molecule is COC(=O)[C@H](CNCc1ccc2c(c1)OCO2)NC(=O)CNC(=O)c1cccc(C(F)(F)F)c1. The van der Waals surface area contributed by atoms with Crippen LogP contribution in [0.4, 0.5) is 13.2 Å². The summed E-state index contributed by atoms with van der Waals surface area (Å²) in [5.74, 6) is -1.06. The lowest BCUT2D eigenvalue weighted by molar-refractivity contribution is -0.144. The number of ether oxygens (including phenoxy) is 3. The first kappa shape index (κ1) is 24.8. The summed E-state index contributed by atoms with van der Waals surface area (Å²) < 4.78 is 53.7. The van der Waals surface area contributed by atoms with Gasteiger partial charge >= 0.3 is 12.1 Å². The number of benzene rings is 2. The van der Waals surface area contributed by atoms with E-state index in [1.807, 2.05) is 6.07 Å². The molecule has 0 radical (unpaired) electrons. The Morgan fingerprint density at radius 3 is 2.59 bits per heavy atom. The number of nitrogens with one attached hydrogen (secondary N) is 3. The predicted molar refractivity (Wildman–Crippen MR) is 112 cm³/mol. The lowest BCUT2D eigenvalue weighted by Crippen LogP contribution is -2.50. The first-order valence-electron chi connectivity index (χ1n) is 10.1. The van der Waals surface area contributed by atoms with Crippen LogP contribution in [0.15, 0.2) is 42.5 Å². The van der Waals surface area contributed by atoms with Crippen LogP contribution in [0.2, 0.25) is 0 Å². The molecular formula is C22H22F3N3O6. The van der Waals surface area contributed by atoms with E-state index >= 15 is 0 Å². The highest BCUT2D eigenvalue weighted by molar-refractivity contribution is 5.97. The van der Waals surface area contributed by atoms with Gasteiger partial charge in [0.1, 0.15) is 6.04 Å². The zero-order chi connectivity index (χ0) is 24.7. The maximum Gasteiger partial charge on any atom is 0.416 e. The molecule has 2 aromatic carbocycles. The van der Waals surface area contributed by atoms with E-state index in [9.17, 15) is 27.6 Å². The molecule has 0 spiro atoms. The number of esters is 1. The van der Waals surface area contributed by atoms with Crippen molar-refractivity contribution in [3.05, 3.63) is 59.2 Å². The first-order valence-corrected chi connectivity index (χ1v) is 10.1. The predicted octanol–water partition coefficient (Wildman–Crippen LogP) is 1.61. The second-order valence-corrected chi connectivity index (χ2v) is 7.22. The Labute approximate surface area is 192 Å². The van der Waals surface area contributed by atoms with Crippen molar-refractivity contribution in [2.75, 3.05) is 27.0 Å². The van der Waals surface area contributed by atoms with E-state index in [1.54, 1.807) is 12.1 Å². The fraction of sp³-hybridized carbons (Fsp3) is 0.318. The molecule has 1 aliphatic heterocycles. The summed E-state index contributed by atoms with van der Waals surface area (Å²) in [6.07, 6.45) is -4.60. The fourth-order valence-corrected chi connectivity index (χ4v) is 3.09. The minimum Gasteiger partial charge on any atom is -0.467 e. The summed E-state index contributed by atoms with van der Waals surface area (Å²) in [6, 6.07) is 8.10. The monoisotopic (exact) mass is 481 g/mol. The minimum atomic E-state index is -4.60. The number of methoxy groups -OCH3 is 1. The van der Waals surface area contributed by atoms with Crippen molar-refractivity contribution in [2.24, 2.45) is 0 Å². The molecule has 3 N–H and O–H groups in total. The van der Waals surface area contributed by atoms with Gasteiger partial charge in [0.15, 0.2) is 11.5 Å². The number of rotatable bonds is 9. The summed E-state index contributed by atoms with van der Waals surface area (Å²) >= 11 is 0. The second-order valence-electron chi connectivity index (χ2n) is 7.22. The van der Waals surface area contributed by atoms with E-state index in [2.05, 4.69) is 16.0 Å². The molecule has 9 nitrogen and oxygen atoms in total. The maximum atomic E-state index is 12.8. The van der Waals surface area contributed by atoms with Gasteiger partial charge in [-0.15, -0.1) is 0 Å². The molecule has 0 aromatic heterocycles. The molecule has 2 aromatic rings. The average molecular weight is 481 g/mol. The van der Waals surface area contributed by atoms with Gasteiger partial charge in [-0.3, -0.25) is 9.59 Å². The van der Waals surface area contributed by atoms with Crippen LogP contribution in [0, 0.1) is 0 Å². The van der Waals surface area contributed by atoms with E-state index in [4.69, 9.17) is 14.2 Å². The Morgan fingerprint density at radius 1 is 1.09 bits per heavy atom. The van der Waals surface area contributed by atoms with Crippen LogP contribution in [0.1, 0.15) is 21.5 Å². The lowest BCUT2D eigenvalue weighted by Gasteiger charge is -2.17. The topological polar surface area (TPSA) is 115 Å². The number of amides is 2. The number of fused-ring (bicyclic) bond motifs is 1. The number of halogens is 3. The van der Waals surface area contributed by atoms with Crippen molar-refractivity contribution < 1.29 is 41.8 Å². The van der Waals surface area contributed by atoms with Crippen molar-refractivity contribution >= 4 is 17.8 Å². The summed E-state index contributed by atoms with van der Waals surface area (Å²) in [4.78, 5) is 36.4. The van der Waals surface area contributed by atoms with Crippen LogP contribution < -0.4 is 25.4 Å². The number of alkyl halides is 3. The highest BCUT2D eigenvalue weighted by Crippen LogP contribution is 2.32. The highest BCUT2D eigenvalue weighted by Gasteiger charge is 2.31. The standard InChI is InChI=1S/C22H22F3N3O6/c1-32-21(31)16(10-26-9-13-5-6-17-18(7-13)34-12-33-17)28-19(29)11-27-20(30)14-3-2-4-15(8-14)22(23,24)25/h2-8,16,26H,9-12H2,1H3,(H,27,30)(H,28,29)/t16-/m0/s1. The summed E-state index contributed by atoms with van der Waals surface area (Å²) in [7, 11) is 1.16. The van der Waals surface area contributed by atoms with E-state index in [0.29, 0.717) is 24.1 Å². The van der Waals surface area contributed by atoms with Gasteiger partial charge in [-0.05, 0) is 35.9 Å². The molecule has 3 rings (SSSR count). The number of hydrogen-bond acceptors (Lipinski definition) is 7. The largest absolute Gasteiger partial charge is 0.467 e. The van der Waals surface area contributed by atoms with Crippen LogP contribution in [0.25, 0.3) is 0 Å². The van der Waals surface area contributed by atoms with Crippen LogP contribution in [-0.4, -0.2) is 50.8 Å². The van der Waals surface area contributed by atoms with E-state index in [-0.39, 0.29) is 18.9 Å². The number of carbonyl (C=O) groups is 3. The van der Waals surface area contributed by atoms with Gasteiger partial charge in [0.05, 0.1) is 19.2 Å².